The molecule has 1 saturated heterocycles. The summed E-state index contributed by atoms with van der Waals surface area (Å²) in [5.41, 5.74) is 12.7. The van der Waals surface area contributed by atoms with Crippen molar-refractivity contribution in [3.63, 3.8) is 0 Å². The van der Waals surface area contributed by atoms with Gasteiger partial charge in [0, 0.05) is 28.6 Å². The molecule has 3 nitrogen and oxygen atoms in total. The zero-order valence-electron chi connectivity index (χ0n) is 13.5. The van der Waals surface area contributed by atoms with Crippen LogP contribution in [0.25, 0.3) is 0 Å². The maximum atomic E-state index is 6.42. The Morgan fingerprint density at radius 3 is 1.89 bits per heavy atom. The lowest BCUT2D eigenvalue weighted by molar-refractivity contribution is 0.149. The van der Waals surface area contributed by atoms with Crippen LogP contribution in [0.2, 0.25) is 0 Å². The van der Waals surface area contributed by atoms with Gasteiger partial charge in [-0.15, -0.1) is 0 Å². The summed E-state index contributed by atoms with van der Waals surface area (Å²) in [4.78, 5) is 0. The molecule has 0 aliphatic carbocycles. The molecule has 3 unspecified atom stereocenters. The van der Waals surface area contributed by atoms with Crippen LogP contribution >= 0.6 is 0 Å². The lowest BCUT2D eigenvalue weighted by atomic mass is 9.65. The molecule has 0 bridgehead atoms. The standard InChI is InChI=1S/C15H33N3/c1-12(2,3)9-10-15(8,18-10)13(4,5)11(16)14(6,7)17/h10-11,18H,9,16-17H2,1-8H3. The highest BCUT2D eigenvalue weighted by molar-refractivity contribution is 5.22. The fourth-order valence-electron chi connectivity index (χ4n) is 3.08. The van der Waals surface area contributed by atoms with Crippen molar-refractivity contribution in [1.29, 1.82) is 0 Å². The van der Waals surface area contributed by atoms with Crippen molar-refractivity contribution in [2.24, 2.45) is 22.3 Å². The maximum Gasteiger partial charge on any atom is 0.0376 e. The number of nitrogens with one attached hydrogen (secondary N) is 1. The second-order valence-corrected chi connectivity index (χ2v) is 8.68. The minimum atomic E-state index is -0.358. The zero-order valence-corrected chi connectivity index (χ0v) is 13.5. The zero-order chi connectivity index (χ0) is 14.6. The third-order valence-corrected chi connectivity index (χ3v) is 4.82. The maximum absolute atomic E-state index is 6.42. The Hall–Kier alpha value is -0.120. The summed E-state index contributed by atoms with van der Waals surface area (Å²) in [6.45, 7) is 17.7. The van der Waals surface area contributed by atoms with Gasteiger partial charge in [-0.1, -0.05) is 34.6 Å². The fourth-order valence-corrected chi connectivity index (χ4v) is 3.08. The first-order chi connectivity index (χ1) is 7.72. The molecule has 108 valence electrons. The molecule has 1 rings (SSSR count). The molecule has 0 saturated carbocycles. The van der Waals surface area contributed by atoms with E-state index in [-0.39, 0.29) is 22.5 Å². The summed E-state index contributed by atoms with van der Waals surface area (Å²) < 4.78 is 0. The summed E-state index contributed by atoms with van der Waals surface area (Å²) in [5.74, 6) is 0. The van der Waals surface area contributed by atoms with E-state index in [1.165, 1.54) is 6.42 Å². The molecule has 1 heterocycles. The molecule has 3 atom stereocenters. The van der Waals surface area contributed by atoms with Gasteiger partial charge in [-0.3, -0.25) is 0 Å². The predicted molar refractivity (Wildman–Crippen MR) is 79.4 cm³/mol. The van der Waals surface area contributed by atoms with Crippen molar-refractivity contribution in [2.75, 3.05) is 0 Å². The Morgan fingerprint density at radius 1 is 1.11 bits per heavy atom. The molecule has 5 N–H and O–H groups in total. The fraction of sp³-hybridized carbons (Fsp3) is 1.00. The first kappa shape index (κ1) is 15.9. The van der Waals surface area contributed by atoms with Crippen LogP contribution in [0.3, 0.4) is 0 Å². The van der Waals surface area contributed by atoms with Crippen LogP contribution in [0.5, 0.6) is 0 Å². The molecule has 0 aromatic heterocycles. The monoisotopic (exact) mass is 255 g/mol. The van der Waals surface area contributed by atoms with Gasteiger partial charge in [-0.2, -0.15) is 0 Å². The van der Waals surface area contributed by atoms with Crippen molar-refractivity contribution in [3.05, 3.63) is 0 Å². The quantitative estimate of drug-likeness (QED) is 0.675. The molecular weight excluding hydrogens is 222 g/mol. The van der Waals surface area contributed by atoms with Crippen LogP contribution < -0.4 is 16.8 Å². The lowest BCUT2D eigenvalue weighted by Gasteiger charge is -2.44. The Bertz CT molecular complexity index is 309. The molecule has 1 aliphatic rings. The van der Waals surface area contributed by atoms with Crippen LogP contribution in [0.4, 0.5) is 0 Å². The molecule has 0 amide bonds. The minimum Gasteiger partial charge on any atom is -0.326 e. The van der Waals surface area contributed by atoms with Crippen LogP contribution in [-0.2, 0) is 0 Å². The first-order valence-electron chi connectivity index (χ1n) is 7.04. The van der Waals surface area contributed by atoms with Crippen LogP contribution in [-0.4, -0.2) is 23.2 Å². The Labute approximate surface area is 113 Å². The van der Waals surface area contributed by atoms with Gasteiger partial charge in [0.1, 0.15) is 0 Å². The highest BCUT2D eigenvalue weighted by Crippen LogP contribution is 2.49. The third-order valence-electron chi connectivity index (χ3n) is 4.82. The van der Waals surface area contributed by atoms with E-state index >= 15 is 0 Å². The molecule has 1 aliphatic heterocycles. The van der Waals surface area contributed by atoms with E-state index in [4.69, 9.17) is 11.5 Å². The molecule has 0 radical (unpaired) electrons. The summed E-state index contributed by atoms with van der Waals surface area (Å²) in [6.07, 6.45) is 1.17. The van der Waals surface area contributed by atoms with Crippen molar-refractivity contribution >= 4 is 0 Å². The number of hydrogen-bond donors (Lipinski definition) is 3. The van der Waals surface area contributed by atoms with E-state index in [1.807, 2.05) is 13.8 Å². The number of hydrogen-bond acceptors (Lipinski definition) is 3. The molecule has 0 aromatic rings. The molecule has 1 fully saturated rings. The van der Waals surface area contributed by atoms with E-state index in [0.29, 0.717) is 11.5 Å². The molecule has 0 aromatic carbocycles. The minimum absolute atomic E-state index is 0.0266. The predicted octanol–water partition coefficient (Wildman–Crippen LogP) is 2.24. The average Bonchev–Trinajstić information content (AvgIpc) is 2.72. The molecular formula is C15H33N3. The van der Waals surface area contributed by atoms with Gasteiger partial charge in [-0.05, 0) is 32.6 Å². The summed E-state index contributed by atoms with van der Waals surface area (Å²) >= 11 is 0. The van der Waals surface area contributed by atoms with Gasteiger partial charge in [0.2, 0.25) is 0 Å². The SMILES string of the molecule is CC(C)(C)CC1NC1(C)C(C)(C)C(N)C(C)(C)N. The molecule has 18 heavy (non-hydrogen) atoms. The molecule has 0 spiro atoms. The first-order valence-corrected chi connectivity index (χ1v) is 7.04. The van der Waals surface area contributed by atoms with Crippen molar-refractivity contribution in [1.82, 2.24) is 5.32 Å². The highest BCUT2D eigenvalue weighted by Gasteiger charge is 2.62. The largest absolute Gasteiger partial charge is 0.326 e. The summed E-state index contributed by atoms with van der Waals surface area (Å²) in [5, 5.41) is 3.66. The second kappa shape index (κ2) is 4.19. The van der Waals surface area contributed by atoms with Gasteiger partial charge in [0.05, 0.1) is 0 Å². The van der Waals surface area contributed by atoms with E-state index < -0.39 is 0 Å². The number of nitrogens with two attached hydrogens (primary N) is 2. The van der Waals surface area contributed by atoms with Crippen LogP contribution in [0.1, 0.15) is 61.8 Å². The van der Waals surface area contributed by atoms with Gasteiger partial charge in [0.15, 0.2) is 0 Å². The van der Waals surface area contributed by atoms with E-state index in [2.05, 4.69) is 46.9 Å². The Balaban J connectivity index is 2.82. The van der Waals surface area contributed by atoms with Crippen LogP contribution in [0.15, 0.2) is 0 Å². The second-order valence-electron chi connectivity index (χ2n) is 8.68. The van der Waals surface area contributed by atoms with Gasteiger partial charge < -0.3 is 16.8 Å². The van der Waals surface area contributed by atoms with Crippen molar-refractivity contribution in [3.8, 4) is 0 Å². The Kier molecular flexibility index (Phi) is 3.71. The average molecular weight is 255 g/mol. The smallest absolute Gasteiger partial charge is 0.0376 e. The van der Waals surface area contributed by atoms with Crippen molar-refractivity contribution in [2.45, 2.75) is 85.0 Å². The van der Waals surface area contributed by atoms with Crippen molar-refractivity contribution < 1.29 is 0 Å². The molecule has 3 heteroatoms. The van der Waals surface area contributed by atoms with Gasteiger partial charge in [-0.25, -0.2) is 0 Å². The Morgan fingerprint density at radius 2 is 1.56 bits per heavy atom. The summed E-state index contributed by atoms with van der Waals surface area (Å²) in [6, 6.07) is 0.508. The van der Waals surface area contributed by atoms with Crippen LogP contribution in [0, 0.1) is 10.8 Å². The van der Waals surface area contributed by atoms with Gasteiger partial charge >= 0.3 is 0 Å². The number of rotatable bonds is 4. The van der Waals surface area contributed by atoms with E-state index in [9.17, 15) is 0 Å². The van der Waals surface area contributed by atoms with E-state index in [0.717, 1.165) is 0 Å². The topological polar surface area (TPSA) is 74.0 Å². The van der Waals surface area contributed by atoms with E-state index in [1.54, 1.807) is 0 Å². The highest BCUT2D eigenvalue weighted by atomic mass is 15.2. The summed E-state index contributed by atoms with van der Waals surface area (Å²) in [7, 11) is 0. The lowest BCUT2D eigenvalue weighted by Crippen LogP contribution is -2.62. The third kappa shape index (κ3) is 2.89. The normalized spacial score (nSPS) is 31.3. The van der Waals surface area contributed by atoms with Gasteiger partial charge in [0.25, 0.3) is 0 Å².